The highest BCUT2D eigenvalue weighted by molar-refractivity contribution is 7.88. The van der Waals surface area contributed by atoms with Crippen LogP contribution in [0.4, 0.5) is 0 Å². The number of hydrogen-bond acceptors (Lipinski definition) is 5. The number of sulfonamides is 1. The minimum Gasteiger partial charge on any atom is -0.361 e. The summed E-state index contributed by atoms with van der Waals surface area (Å²) in [6, 6.07) is 6.99. The highest BCUT2D eigenvalue weighted by atomic mass is 32.2. The molecule has 0 unspecified atom stereocenters. The Balaban J connectivity index is 1.97. The normalized spacial score (nSPS) is 11.7. The lowest BCUT2D eigenvalue weighted by molar-refractivity contribution is 0.0948. The van der Waals surface area contributed by atoms with E-state index in [1.54, 1.807) is 32.9 Å². The van der Waals surface area contributed by atoms with Crippen molar-refractivity contribution in [1.82, 2.24) is 15.2 Å². The summed E-state index contributed by atoms with van der Waals surface area (Å²) in [4.78, 5) is 12.3. The van der Waals surface area contributed by atoms with Crippen molar-refractivity contribution in [3.63, 3.8) is 0 Å². The van der Waals surface area contributed by atoms with Crippen LogP contribution in [-0.4, -0.2) is 25.5 Å². The first-order valence-electron chi connectivity index (χ1n) is 8.53. The van der Waals surface area contributed by atoms with Crippen molar-refractivity contribution < 1.29 is 17.7 Å². The summed E-state index contributed by atoms with van der Waals surface area (Å²) in [6.45, 7) is 7.52. The maximum Gasteiger partial charge on any atom is 0.257 e. The minimum absolute atomic E-state index is 0.0719. The fourth-order valence-electron chi connectivity index (χ4n) is 2.59. The van der Waals surface area contributed by atoms with E-state index in [4.69, 9.17) is 4.52 Å². The van der Waals surface area contributed by atoms with Gasteiger partial charge in [-0.3, -0.25) is 4.79 Å². The molecule has 8 heteroatoms. The molecule has 0 aliphatic rings. The molecule has 7 nitrogen and oxygen atoms in total. The zero-order chi connectivity index (χ0) is 19.3. The van der Waals surface area contributed by atoms with Gasteiger partial charge in [-0.1, -0.05) is 36.3 Å². The van der Waals surface area contributed by atoms with Crippen molar-refractivity contribution >= 4 is 15.9 Å². The number of carbonyl (C=O) groups excluding carboxylic acids is 1. The molecule has 0 atom stereocenters. The minimum atomic E-state index is -3.35. The SMILES string of the molecule is CCc1noc(C)c1C(=O)NCc1ccc(CS(=O)(=O)NC(C)C)cc1. The fourth-order valence-corrected chi connectivity index (χ4v) is 4.03. The van der Waals surface area contributed by atoms with Crippen molar-refractivity contribution in [3.8, 4) is 0 Å². The zero-order valence-electron chi connectivity index (χ0n) is 15.5. The van der Waals surface area contributed by atoms with E-state index < -0.39 is 10.0 Å². The third kappa shape index (κ3) is 5.40. The van der Waals surface area contributed by atoms with Crippen LogP contribution in [0.15, 0.2) is 28.8 Å². The van der Waals surface area contributed by atoms with Crippen molar-refractivity contribution in [1.29, 1.82) is 0 Å². The largest absolute Gasteiger partial charge is 0.361 e. The molecule has 2 rings (SSSR count). The van der Waals surface area contributed by atoms with Gasteiger partial charge in [0.05, 0.1) is 11.4 Å². The summed E-state index contributed by atoms with van der Waals surface area (Å²) in [5.74, 6) is 0.198. The molecular formula is C18H25N3O4S. The Morgan fingerprint density at radius 2 is 1.81 bits per heavy atom. The van der Waals surface area contributed by atoms with Crippen LogP contribution in [-0.2, 0) is 28.7 Å². The van der Waals surface area contributed by atoms with E-state index in [9.17, 15) is 13.2 Å². The van der Waals surface area contributed by atoms with Gasteiger partial charge in [-0.2, -0.15) is 0 Å². The standard InChI is InChI=1S/C18H25N3O4S/c1-5-16-17(13(4)25-20-16)18(22)19-10-14-6-8-15(9-7-14)11-26(23,24)21-12(2)3/h6-9,12,21H,5,10-11H2,1-4H3,(H,19,22). The van der Waals surface area contributed by atoms with Gasteiger partial charge >= 0.3 is 0 Å². The van der Waals surface area contributed by atoms with Gasteiger partial charge in [-0.25, -0.2) is 13.1 Å². The lowest BCUT2D eigenvalue weighted by Gasteiger charge is -2.10. The second-order valence-corrected chi connectivity index (χ2v) is 8.20. The van der Waals surface area contributed by atoms with Crippen LogP contribution in [0, 0.1) is 6.92 Å². The summed E-state index contributed by atoms with van der Waals surface area (Å²) < 4.78 is 31.5. The van der Waals surface area contributed by atoms with Gasteiger partial charge in [0.1, 0.15) is 11.3 Å². The molecule has 26 heavy (non-hydrogen) atoms. The second kappa shape index (κ2) is 8.46. The molecule has 1 heterocycles. The smallest absolute Gasteiger partial charge is 0.257 e. The maximum atomic E-state index is 12.3. The van der Waals surface area contributed by atoms with Crippen LogP contribution < -0.4 is 10.0 Å². The summed E-state index contributed by atoms with van der Waals surface area (Å²) in [6.07, 6.45) is 0.619. The molecule has 0 aliphatic carbocycles. The number of carbonyl (C=O) groups is 1. The van der Waals surface area contributed by atoms with Gasteiger partial charge in [0, 0.05) is 12.6 Å². The molecule has 0 radical (unpaired) electrons. The molecule has 0 bridgehead atoms. The van der Waals surface area contributed by atoms with Crippen molar-refractivity contribution in [2.24, 2.45) is 0 Å². The molecule has 0 spiro atoms. The predicted molar refractivity (Wildman–Crippen MR) is 99.1 cm³/mol. The van der Waals surface area contributed by atoms with Gasteiger partial charge in [-0.15, -0.1) is 0 Å². The van der Waals surface area contributed by atoms with E-state index in [1.807, 2.05) is 19.1 Å². The molecule has 2 aromatic rings. The molecule has 0 saturated heterocycles. The van der Waals surface area contributed by atoms with Gasteiger partial charge in [0.2, 0.25) is 10.0 Å². The molecule has 2 N–H and O–H groups in total. The van der Waals surface area contributed by atoms with Crippen LogP contribution >= 0.6 is 0 Å². The van der Waals surface area contributed by atoms with Crippen LogP contribution in [0.25, 0.3) is 0 Å². The highest BCUT2D eigenvalue weighted by Gasteiger charge is 2.18. The number of rotatable bonds is 8. The first-order valence-corrected chi connectivity index (χ1v) is 10.2. The van der Waals surface area contributed by atoms with E-state index in [0.717, 1.165) is 5.56 Å². The number of nitrogens with zero attached hydrogens (tertiary/aromatic N) is 1. The second-order valence-electron chi connectivity index (χ2n) is 6.44. The predicted octanol–water partition coefficient (Wildman–Crippen LogP) is 2.30. The highest BCUT2D eigenvalue weighted by Crippen LogP contribution is 2.14. The Labute approximate surface area is 154 Å². The Morgan fingerprint density at radius 3 is 2.38 bits per heavy atom. The van der Waals surface area contributed by atoms with Crippen LogP contribution in [0.1, 0.15) is 53.7 Å². The summed E-state index contributed by atoms with van der Waals surface area (Å²) in [5, 5.41) is 6.72. The van der Waals surface area contributed by atoms with Crippen LogP contribution in [0.3, 0.4) is 0 Å². The van der Waals surface area contributed by atoms with Crippen molar-refractivity contribution in [2.45, 2.75) is 52.5 Å². The van der Waals surface area contributed by atoms with E-state index in [-0.39, 0.29) is 17.7 Å². The average Bonchev–Trinajstić information content (AvgIpc) is 2.93. The molecule has 0 saturated carbocycles. The fraction of sp³-hybridized carbons (Fsp3) is 0.444. The maximum absolute atomic E-state index is 12.3. The van der Waals surface area contributed by atoms with E-state index >= 15 is 0 Å². The number of benzene rings is 1. The molecule has 0 fully saturated rings. The van der Waals surface area contributed by atoms with Gasteiger partial charge in [-0.05, 0) is 38.3 Å². The molecule has 1 aromatic heterocycles. The number of aromatic nitrogens is 1. The molecule has 0 aliphatic heterocycles. The topological polar surface area (TPSA) is 101 Å². The number of amides is 1. The lowest BCUT2D eigenvalue weighted by Crippen LogP contribution is -2.31. The lowest BCUT2D eigenvalue weighted by atomic mass is 10.1. The van der Waals surface area contributed by atoms with Gasteiger partial charge in [0.25, 0.3) is 5.91 Å². The third-order valence-corrected chi connectivity index (χ3v) is 5.29. The first-order chi connectivity index (χ1) is 12.2. The third-order valence-electron chi connectivity index (χ3n) is 3.74. The molecule has 1 amide bonds. The summed E-state index contributed by atoms with van der Waals surface area (Å²) in [7, 11) is -3.35. The van der Waals surface area contributed by atoms with Crippen LogP contribution in [0.2, 0.25) is 0 Å². The van der Waals surface area contributed by atoms with Crippen molar-refractivity contribution in [2.75, 3.05) is 0 Å². The molecule has 1 aromatic carbocycles. The average molecular weight is 379 g/mol. The monoisotopic (exact) mass is 379 g/mol. The van der Waals surface area contributed by atoms with Crippen LogP contribution in [0.5, 0.6) is 0 Å². The van der Waals surface area contributed by atoms with E-state index in [0.29, 0.717) is 35.5 Å². The zero-order valence-corrected chi connectivity index (χ0v) is 16.3. The van der Waals surface area contributed by atoms with Crippen molar-refractivity contribution in [3.05, 3.63) is 52.4 Å². The van der Waals surface area contributed by atoms with E-state index in [1.165, 1.54) is 0 Å². The molecule has 142 valence electrons. The summed E-state index contributed by atoms with van der Waals surface area (Å²) >= 11 is 0. The summed E-state index contributed by atoms with van der Waals surface area (Å²) in [5.41, 5.74) is 2.69. The number of aryl methyl sites for hydroxylation is 2. The quantitative estimate of drug-likeness (QED) is 0.733. The van der Waals surface area contributed by atoms with Gasteiger partial charge in [0.15, 0.2) is 0 Å². The van der Waals surface area contributed by atoms with Gasteiger partial charge < -0.3 is 9.84 Å². The number of hydrogen-bond donors (Lipinski definition) is 2. The number of nitrogens with one attached hydrogen (secondary N) is 2. The molecular weight excluding hydrogens is 354 g/mol. The Bertz CT molecular complexity index is 855. The Kier molecular flexibility index (Phi) is 6.55. The first kappa shape index (κ1) is 20.1. The Morgan fingerprint density at radius 1 is 1.19 bits per heavy atom. The van der Waals surface area contributed by atoms with E-state index in [2.05, 4.69) is 15.2 Å². The Hall–Kier alpha value is -2.19.